The molecule has 4 nitrogen and oxygen atoms in total. The Morgan fingerprint density at radius 1 is 1.28 bits per heavy atom. The van der Waals surface area contributed by atoms with Gasteiger partial charge in [0.15, 0.2) is 0 Å². The summed E-state index contributed by atoms with van der Waals surface area (Å²) in [6.45, 7) is 2.39. The summed E-state index contributed by atoms with van der Waals surface area (Å²) in [4.78, 5) is 24.7. The summed E-state index contributed by atoms with van der Waals surface area (Å²) in [6.07, 6.45) is 1.01. The van der Waals surface area contributed by atoms with Gasteiger partial charge in [-0.1, -0.05) is 19.1 Å². The van der Waals surface area contributed by atoms with Crippen molar-refractivity contribution in [3.05, 3.63) is 35.4 Å². The summed E-state index contributed by atoms with van der Waals surface area (Å²) in [5.74, 6) is -0.329. The average molecular weight is 249 g/mol. The lowest BCUT2D eigenvalue weighted by atomic mass is 10.1. The smallest absolute Gasteiger partial charge is 0.310 e. The van der Waals surface area contributed by atoms with E-state index >= 15 is 0 Å². The van der Waals surface area contributed by atoms with E-state index in [9.17, 15) is 9.59 Å². The Kier molecular flexibility index (Phi) is 5.36. The van der Waals surface area contributed by atoms with Crippen molar-refractivity contribution >= 4 is 11.9 Å². The zero-order chi connectivity index (χ0) is 13.5. The van der Waals surface area contributed by atoms with Crippen LogP contribution in [0.4, 0.5) is 0 Å². The van der Waals surface area contributed by atoms with Crippen LogP contribution in [0.15, 0.2) is 24.3 Å². The number of ether oxygens (including phenoxy) is 1. The molecule has 1 rings (SSSR count). The number of nitrogens with zero attached hydrogens (tertiary/aromatic N) is 1. The molecule has 0 N–H and O–H groups in total. The van der Waals surface area contributed by atoms with Crippen LogP contribution in [-0.4, -0.2) is 37.5 Å². The van der Waals surface area contributed by atoms with Crippen molar-refractivity contribution in [3.63, 3.8) is 0 Å². The van der Waals surface area contributed by atoms with Crippen LogP contribution in [0.2, 0.25) is 0 Å². The zero-order valence-electron chi connectivity index (χ0n) is 11.1. The van der Waals surface area contributed by atoms with Crippen LogP contribution in [0, 0.1) is 0 Å². The van der Waals surface area contributed by atoms with E-state index in [2.05, 4.69) is 0 Å². The van der Waals surface area contributed by atoms with Crippen molar-refractivity contribution in [2.45, 2.75) is 19.8 Å². The molecule has 18 heavy (non-hydrogen) atoms. The summed E-state index contributed by atoms with van der Waals surface area (Å²) in [5.41, 5.74) is 1.38. The highest BCUT2D eigenvalue weighted by Gasteiger charge is 2.10. The van der Waals surface area contributed by atoms with E-state index in [1.165, 1.54) is 4.90 Å². The second-order valence-corrected chi connectivity index (χ2v) is 4.30. The molecule has 0 fully saturated rings. The van der Waals surface area contributed by atoms with Gasteiger partial charge in [-0.2, -0.15) is 0 Å². The number of amides is 1. The highest BCUT2D eigenvalue weighted by Crippen LogP contribution is 2.08. The Bertz CT molecular complexity index is 427. The van der Waals surface area contributed by atoms with E-state index < -0.39 is 0 Å². The lowest BCUT2D eigenvalue weighted by Gasteiger charge is -2.11. The van der Waals surface area contributed by atoms with E-state index in [4.69, 9.17) is 4.74 Å². The molecule has 0 heterocycles. The van der Waals surface area contributed by atoms with Crippen LogP contribution >= 0.6 is 0 Å². The maximum atomic E-state index is 11.8. The molecule has 0 aromatic heterocycles. The standard InChI is InChI=1S/C14H19NO3/c1-4-8-18-13(16)10-11-6-5-7-12(9-11)14(17)15(2)3/h5-7,9H,4,8,10H2,1-3H3. The first kappa shape index (κ1) is 14.2. The van der Waals surface area contributed by atoms with Gasteiger partial charge in [-0.25, -0.2) is 0 Å². The summed E-state index contributed by atoms with van der Waals surface area (Å²) < 4.78 is 5.01. The minimum atomic E-state index is -0.258. The number of hydrogen-bond donors (Lipinski definition) is 0. The maximum Gasteiger partial charge on any atom is 0.310 e. The normalized spacial score (nSPS) is 9.94. The Morgan fingerprint density at radius 2 is 2.00 bits per heavy atom. The lowest BCUT2D eigenvalue weighted by Crippen LogP contribution is -2.21. The maximum absolute atomic E-state index is 11.8. The second kappa shape index (κ2) is 6.79. The molecular formula is C14H19NO3. The molecule has 0 bridgehead atoms. The SMILES string of the molecule is CCCOC(=O)Cc1cccc(C(=O)N(C)C)c1. The topological polar surface area (TPSA) is 46.6 Å². The van der Waals surface area contributed by atoms with Crippen molar-refractivity contribution in [2.24, 2.45) is 0 Å². The molecule has 0 atom stereocenters. The average Bonchev–Trinajstić information content (AvgIpc) is 2.35. The van der Waals surface area contributed by atoms with Gasteiger partial charge in [0, 0.05) is 19.7 Å². The van der Waals surface area contributed by atoms with Crippen LogP contribution in [-0.2, 0) is 16.0 Å². The molecular weight excluding hydrogens is 230 g/mol. The monoisotopic (exact) mass is 249 g/mol. The quantitative estimate of drug-likeness (QED) is 0.749. The first-order valence-electron chi connectivity index (χ1n) is 6.00. The van der Waals surface area contributed by atoms with Gasteiger partial charge < -0.3 is 9.64 Å². The Hall–Kier alpha value is -1.84. The third kappa shape index (κ3) is 4.20. The molecule has 1 amide bonds. The predicted molar refractivity (Wildman–Crippen MR) is 69.4 cm³/mol. The first-order chi connectivity index (χ1) is 8.54. The molecule has 0 aliphatic heterocycles. The molecule has 0 aliphatic carbocycles. The number of esters is 1. The molecule has 0 unspecified atom stereocenters. The van der Waals surface area contributed by atoms with Crippen molar-refractivity contribution in [1.82, 2.24) is 4.90 Å². The number of hydrogen-bond acceptors (Lipinski definition) is 3. The minimum absolute atomic E-state index is 0.0706. The van der Waals surface area contributed by atoms with Gasteiger partial charge in [0.25, 0.3) is 5.91 Å². The fraction of sp³-hybridized carbons (Fsp3) is 0.429. The Balaban J connectivity index is 2.70. The summed E-state index contributed by atoms with van der Waals surface area (Å²) in [5, 5.41) is 0. The molecule has 0 saturated carbocycles. The molecule has 1 aromatic carbocycles. The number of carbonyl (C=O) groups excluding carboxylic acids is 2. The van der Waals surface area contributed by atoms with Crippen LogP contribution in [0.3, 0.4) is 0 Å². The number of rotatable bonds is 5. The summed E-state index contributed by atoms with van der Waals surface area (Å²) in [7, 11) is 3.40. The van der Waals surface area contributed by atoms with E-state index in [-0.39, 0.29) is 18.3 Å². The molecule has 0 radical (unpaired) electrons. The Morgan fingerprint density at radius 3 is 2.61 bits per heavy atom. The van der Waals surface area contributed by atoms with Crippen molar-refractivity contribution in [3.8, 4) is 0 Å². The lowest BCUT2D eigenvalue weighted by molar-refractivity contribution is -0.142. The van der Waals surface area contributed by atoms with E-state index in [1.54, 1.807) is 32.3 Å². The third-order valence-corrected chi connectivity index (χ3v) is 2.40. The second-order valence-electron chi connectivity index (χ2n) is 4.30. The van der Waals surface area contributed by atoms with Crippen LogP contribution in [0.5, 0.6) is 0 Å². The molecule has 1 aromatic rings. The van der Waals surface area contributed by atoms with Gasteiger partial charge in [0.1, 0.15) is 0 Å². The van der Waals surface area contributed by atoms with Gasteiger partial charge in [-0.05, 0) is 24.1 Å². The largest absolute Gasteiger partial charge is 0.465 e. The third-order valence-electron chi connectivity index (χ3n) is 2.40. The van der Waals surface area contributed by atoms with Crippen molar-refractivity contribution in [1.29, 1.82) is 0 Å². The first-order valence-corrected chi connectivity index (χ1v) is 6.00. The van der Waals surface area contributed by atoms with Gasteiger partial charge in [-0.3, -0.25) is 9.59 Å². The van der Waals surface area contributed by atoms with E-state index in [1.807, 2.05) is 13.0 Å². The van der Waals surface area contributed by atoms with Gasteiger partial charge in [-0.15, -0.1) is 0 Å². The molecule has 4 heteroatoms. The van der Waals surface area contributed by atoms with Crippen LogP contribution in [0.1, 0.15) is 29.3 Å². The van der Waals surface area contributed by atoms with Gasteiger partial charge in [0.2, 0.25) is 0 Å². The van der Waals surface area contributed by atoms with Crippen LogP contribution in [0.25, 0.3) is 0 Å². The highest BCUT2D eigenvalue weighted by molar-refractivity contribution is 5.94. The zero-order valence-corrected chi connectivity index (χ0v) is 11.1. The molecule has 0 aliphatic rings. The minimum Gasteiger partial charge on any atom is -0.465 e. The van der Waals surface area contributed by atoms with Crippen LogP contribution < -0.4 is 0 Å². The van der Waals surface area contributed by atoms with Gasteiger partial charge in [0.05, 0.1) is 13.0 Å². The Labute approximate surface area is 108 Å². The van der Waals surface area contributed by atoms with E-state index in [0.717, 1.165) is 12.0 Å². The molecule has 98 valence electrons. The fourth-order valence-corrected chi connectivity index (χ4v) is 1.51. The summed E-state index contributed by atoms with van der Waals surface area (Å²) >= 11 is 0. The number of benzene rings is 1. The van der Waals surface area contributed by atoms with Crippen molar-refractivity contribution in [2.75, 3.05) is 20.7 Å². The predicted octanol–water partition coefficient (Wildman–Crippen LogP) is 1.88. The summed E-state index contributed by atoms with van der Waals surface area (Å²) in [6, 6.07) is 7.07. The number of carbonyl (C=O) groups is 2. The van der Waals surface area contributed by atoms with Crippen molar-refractivity contribution < 1.29 is 14.3 Å². The van der Waals surface area contributed by atoms with E-state index in [0.29, 0.717) is 12.2 Å². The fourth-order valence-electron chi connectivity index (χ4n) is 1.51. The molecule has 0 saturated heterocycles. The highest BCUT2D eigenvalue weighted by atomic mass is 16.5. The van der Waals surface area contributed by atoms with Gasteiger partial charge >= 0.3 is 5.97 Å². The molecule has 0 spiro atoms.